The number of aryl methyl sites for hydroxylation is 1. The Bertz CT molecular complexity index is 1250. The molecule has 2 amide bonds. The van der Waals surface area contributed by atoms with Gasteiger partial charge in [0, 0.05) is 23.6 Å². The van der Waals surface area contributed by atoms with Crippen molar-refractivity contribution in [2.75, 3.05) is 37.2 Å². The molecule has 188 valence electrons. The van der Waals surface area contributed by atoms with E-state index in [4.69, 9.17) is 9.47 Å². The van der Waals surface area contributed by atoms with Crippen molar-refractivity contribution in [2.24, 2.45) is 0 Å². The Kier molecular flexibility index (Phi) is 8.38. The topological polar surface area (TPSA) is 88.7 Å². The second-order valence-corrected chi connectivity index (χ2v) is 9.61. The Labute approximate surface area is 216 Å². The third-order valence-corrected chi connectivity index (χ3v) is 7.22. The third kappa shape index (κ3) is 6.12. The number of hydrogen-bond acceptors (Lipinski definition) is 6. The van der Waals surface area contributed by atoms with Crippen molar-refractivity contribution in [3.05, 3.63) is 82.9 Å². The van der Waals surface area contributed by atoms with E-state index in [1.807, 2.05) is 36.4 Å². The van der Waals surface area contributed by atoms with E-state index in [1.165, 1.54) is 11.1 Å². The maximum absolute atomic E-state index is 12.7. The molecule has 1 heterocycles. The molecule has 3 aromatic rings. The summed E-state index contributed by atoms with van der Waals surface area (Å²) in [5.74, 6) is 2.55. The quantitative estimate of drug-likeness (QED) is 0.372. The van der Waals surface area contributed by atoms with Crippen LogP contribution in [0.4, 0.5) is 11.4 Å². The molecule has 3 aromatic carbocycles. The zero-order valence-corrected chi connectivity index (χ0v) is 21.5. The minimum absolute atomic E-state index is 0.0919. The number of benzene rings is 3. The summed E-state index contributed by atoms with van der Waals surface area (Å²) in [6.45, 7) is 2.57. The smallest absolute Gasteiger partial charge is 0.251 e. The lowest BCUT2D eigenvalue weighted by Gasteiger charge is -2.27. The van der Waals surface area contributed by atoms with Gasteiger partial charge in [0.15, 0.2) is 11.5 Å². The number of methoxy groups -OCH3 is 2. The van der Waals surface area contributed by atoms with E-state index in [-0.39, 0.29) is 17.9 Å². The van der Waals surface area contributed by atoms with Crippen LogP contribution in [0.5, 0.6) is 11.5 Å². The Hall–Kier alpha value is -3.65. The number of anilines is 2. The first-order chi connectivity index (χ1) is 17.5. The molecule has 3 N–H and O–H groups in total. The summed E-state index contributed by atoms with van der Waals surface area (Å²) in [6.07, 6.45) is 0.650. The predicted octanol–water partition coefficient (Wildman–Crippen LogP) is 4.65. The molecule has 7 nitrogen and oxygen atoms in total. The van der Waals surface area contributed by atoms with Crippen molar-refractivity contribution in [3.63, 3.8) is 0 Å². The molecule has 0 radical (unpaired) electrons. The summed E-state index contributed by atoms with van der Waals surface area (Å²) in [5, 5.41) is 9.20. The molecule has 0 bridgehead atoms. The summed E-state index contributed by atoms with van der Waals surface area (Å²) in [5.41, 5.74) is 5.49. The Morgan fingerprint density at radius 1 is 1.00 bits per heavy atom. The van der Waals surface area contributed by atoms with Crippen LogP contribution in [0.3, 0.4) is 0 Å². The molecular weight excluding hydrogens is 474 g/mol. The van der Waals surface area contributed by atoms with Gasteiger partial charge in [-0.2, -0.15) is 11.8 Å². The summed E-state index contributed by atoms with van der Waals surface area (Å²) < 4.78 is 10.6. The van der Waals surface area contributed by atoms with Gasteiger partial charge >= 0.3 is 0 Å². The number of hydrogen-bond donors (Lipinski definition) is 3. The molecule has 8 heteroatoms. The monoisotopic (exact) mass is 505 g/mol. The molecule has 1 atom stereocenters. The molecule has 4 rings (SSSR count). The van der Waals surface area contributed by atoms with Crippen molar-refractivity contribution in [1.29, 1.82) is 0 Å². The highest BCUT2D eigenvalue weighted by Crippen LogP contribution is 2.30. The minimum atomic E-state index is -0.326. The zero-order valence-electron chi connectivity index (χ0n) is 20.7. The summed E-state index contributed by atoms with van der Waals surface area (Å²) in [6, 6.07) is 19.0. The summed E-state index contributed by atoms with van der Waals surface area (Å²) in [7, 11) is 3.19. The Balaban J connectivity index is 1.30. The first kappa shape index (κ1) is 25.4. The third-order valence-electron chi connectivity index (χ3n) is 6.14. The van der Waals surface area contributed by atoms with Gasteiger partial charge in [-0.1, -0.05) is 30.3 Å². The lowest BCUT2D eigenvalue weighted by Crippen LogP contribution is -2.40. The highest BCUT2D eigenvalue weighted by Gasteiger charge is 2.26. The standard InChI is InChI=1S/C28H31N3O4S/c1-18-6-4-5-7-21(18)16-36-17-24-28(33)31-23-15-20(9-10-22(23)30-24)27(32)29-13-12-19-8-11-25(34-2)26(14-19)35-3/h4-11,14-15,24,30H,12-13,16-17H2,1-3H3,(H,29,32)(H,31,33)/t24-/m1/s1. The van der Waals surface area contributed by atoms with E-state index >= 15 is 0 Å². The Morgan fingerprint density at radius 2 is 1.81 bits per heavy atom. The van der Waals surface area contributed by atoms with E-state index in [0.717, 1.165) is 17.0 Å². The summed E-state index contributed by atoms with van der Waals surface area (Å²) in [4.78, 5) is 25.4. The zero-order chi connectivity index (χ0) is 25.5. The van der Waals surface area contributed by atoms with Crippen LogP contribution in [0, 0.1) is 6.92 Å². The van der Waals surface area contributed by atoms with E-state index in [9.17, 15) is 9.59 Å². The van der Waals surface area contributed by atoms with Crippen molar-refractivity contribution in [2.45, 2.75) is 25.1 Å². The van der Waals surface area contributed by atoms with E-state index < -0.39 is 0 Å². The molecule has 1 aliphatic heterocycles. The van der Waals surface area contributed by atoms with Crippen molar-refractivity contribution < 1.29 is 19.1 Å². The molecule has 0 fully saturated rings. The van der Waals surface area contributed by atoms with Crippen LogP contribution < -0.4 is 25.4 Å². The number of nitrogens with one attached hydrogen (secondary N) is 3. The number of ether oxygens (including phenoxy) is 2. The van der Waals surface area contributed by atoms with Gasteiger partial charge < -0.3 is 25.4 Å². The lowest BCUT2D eigenvalue weighted by atomic mass is 10.1. The van der Waals surface area contributed by atoms with E-state index in [1.54, 1.807) is 38.1 Å². The second kappa shape index (κ2) is 11.9. The molecule has 36 heavy (non-hydrogen) atoms. The van der Waals surface area contributed by atoms with Crippen LogP contribution in [0.15, 0.2) is 60.7 Å². The molecule has 0 spiro atoms. The molecular formula is C28H31N3O4S. The SMILES string of the molecule is COc1ccc(CCNC(=O)c2ccc3c(c2)NC(=O)[C@@H](CSCc2ccccc2C)N3)cc1OC. The van der Waals surface area contributed by atoms with Gasteiger partial charge in [-0.15, -0.1) is 0 Å². The van der Waals surface area contributed by atoms with E-state index in [2.05, 4.69) is 35.0 Å². The van der Waals surface area contributed by atoms with Gasteiger partial charge in [0.25, 0.3) is 5.91 Å². The highest BCUT2D eigenvalue weighted by atomic mass is 32.2. The van der Waals surface area contributed by atoms with Gasteiger partial charge in [0.1, 0.15) is 6.04 Å². The fourth-order valence-corrected chi connectivity index (χ4v) is 5.15. The maximum atomic E-state index is 12.7. The number of rotatable bonds is 10. The second-order valence-electron chi connectivity index (χ2n) is 8.58. The molecule has 0 saturated carbocycles. The molecule has 0 aliphatic carbocycles. The average Bonchev–Trinajstić information content (AvgIpc) is 2.89. The molecule has 0 saturated heterocycles. The molecule has 0 unspecified atom stereocenters. The average molecular weight is 506 g/mol. The number of carbonyl (C=O) groups is 2. The van der Waals surface area contributed by atoms with Crippen LogP contribution in [0.25, 0.3) is 0 Å². The highest BCUT2D eigenvalue weighted by molar-refractivity contribution is 7.98. The van der Waals surface area contributed by atoms with Gasteiger partial charge in [0.2, 0.25) is 5.91 Å². The molecule has 0 aromatic heterocycles. The van der Waals surface area contributed by atoms with Crippen LogP contribution in [-0.2, 0) is 17.0 Å². The fourth-order valence-electron chi connectivity index (χ4n) is 4.02. The van der Waals surface area contributed by atoms with Crippen LogP contribution in [0.1, 0.15) is 27.0 Å². The predicted molar refractivity (Wildman–Crippen MR) is 145 cm³/mol. The van der Waals surface area contributed by atoms with Crippen LogP contribution in [-0.4, -0.2) is 44.4 Å². The van der Waals surface area contributed by atoms with Crippen molar-refractivity contribution >= 4 is 35.0 Å². The van der Waals surface area contributed by atoms with Crippen LogP contribution in [0.2, 0.25) is 0 Å². The maximum Gasteiger partial charge on any atom is 0.251 e. The van der Waals surface area contributed by atoms with Crippen LogP contribution >= 0.6 is 11.8 Å². The number of carbonyl (C=O) groups excluding carboxylic acids is 2. The number of amides is 2. The molecule has 1 aliphatic rings. The van der Waals surface area contributed by atoms with Gasteiger partial charge in [-0.25, -0.2) is 0 Å². The fraction of sp³-hybridized carbons (Fsp3) is 0.286. The van der Waals surface area contributed by atoms with Crippen molar-refractivity contribution in [1.82, 2.24) is 5.32 Å². The van der Waals surface area contributed by atoms with Gasteiger partial charge in [-0.05, 0) is 60.4 Å². The number of thioether (sulfide) groups is 1. The normalized spacial score (nSPS) is 14.3. The first-order valence-electron chi connectivity index (χ1n) is 11.8. The lowest BCUT2D eigenvalue weighted by molar-refractivity contribution is -0.116. The van der Waals surface area contributed by atoms with Gasteiger partial charge in [0.05, 0.1) is 25.6 Å². The Morgan fingerprint density at radius 3 is 2.58 bits per heavy atom. The number of fused-ring (bicyclic) bond motifs is 1. The first-order valence-corrected chi connectivity index (χ1v) is 13.0. The minimum Gasteiger partial charge on any atom is -0.493 e. The van der Waals surface area contributed by atoms with Crippen molar-refractivity contribution in [3.8, 4) is 11.5 Å². The van der Waals surface area contributed by atoms with Gasteiger partial charge in [-0.3, -0.25) is 9.59 Å². The van der Waals surface area contributed by atoms with E-state index in [0.29, 0.717) is 41.5 Å². The summed E-state index contributed by atoms with van der Waals surface area (Å²) >= 11 is 1.72. The largest absolute Gasteiger partial charge is 0.493 e.